The number of nitrogens with zero attached hydrogens (tertiary/aromatic N) is 1. The molecule has 0 saturated carbocycles. The molecule has 0 fully saturated rings. The molecule has 0 aliphatic carbocycles. The van der Waals surface area contributed by atoms with E-state index in [9.17, 15) is 8.42 Å². The second kappa shape index (κ2) is 6.49. The van der Waals surface area contributed by atoms with Crippen molar-refractivity contribution < 1.29 is 8.42 Å². The van der Waals surface area contributed by atoms with Gasteiger partial charge in [0.25, 0.3) is 0 Å². The van der Waals surface area contributed by atoms with Crippen LogP contribution in [0.1, 0.15) is 31.6 Å². The highest BCUT2D eigenvalue weighted by molar-refractivity contribution is 7.89. The molecule has 1 aromatic rings. The van der Waals surface area contributed by atoms with Crippen LogP contribution in [-0.2, 0) is 16.6 Å². The quantitative estimate of drug-likeness (QED) is 0.828. The van der Waals surface area contributed by atoms with Gasteiger partial charge in [0.05, 0.1) is 4.90 Å². The second-order valence-electron chi connectivity index (χ2n) is 3.82. The second-order valence-corrected chi connectivity index (χ2v) is 6.72. The fourth-order valence-corrected chi connectivity index (χ4v) is 4.63. The Balaban J connectivity index is 3.07. The molecule has 0 spiro atoms. The summed E-state index contributed by atoms with van der Waals surface area (Å²) in [4.78, 5) is 1.12. The molecule has 0 aliphatic rings. The molecule has 1 aromatic heterocycles. The summed E-state index contributed by atoms with van der Waals surface area (Å²) in [5.74, 6) is 0. The van der Waals surface area contributed by atoms with Gasteiger partial charge in [0.1, 0.15) is 0 Å². The van der Waals surface area contributed by atoms with Gasteiger partial charge >= 0.3 is 0 Å². The molecule has 6 heteroatoms. The lowest BCUT2D eigenvalue weighted by molar-refractivity contribution is 0.409. The van der Waals surface area contributed by atoms with Gasteiger partial charge in [0, 0.05) is 24.5 Å². The van der Waals surface area contributed by atoms with Gasteiger partial charge in [-0.3, -0.25) is 0 Å². The maximum absolute atomic E-state index is 12.4. The monoisotopic (exact) mass is 276 g/mol. The number of sulfonamides is 1. The highest BCUT2D eigenvalue weighted by Gasteiger charge is 2.25. The average Bonchev–Trinajstić information content (AvgIpc) is 2.77. The zero-order chi connectivity index (χ0) is 12.9. The van der Waals surface area contributed by atoms with Crippen LogP contribution in [0.2, 0.25) is 0 Å². The molecule has 0 amide bonds. The van der Waals surface area contributed by atoms with Crippen molar-refractivity contribution in [1.29, 1.82) is 0 Å². The molecule has 2 N–H and O–H groups in total. The van der Waals surface area contributed by atoms with Crippen molar-refractivity contribution in [2.75, 3.05) is 13.1 Å². The molecular weight excluding hydrogens is 256 g/mol. The maximum atomic E-state index is 12.4. The van der Waals surface area contributed by atoms with E-state index in [2.05, 4.69) is 0 Å². The van der Waals surface area contributed by atoms with Gasteiger partial charge in [-0.25, -0.2) is 8.42 Å². The summed E-state index contributed by atoms with van der Waals surface area (Å²) < 4.78 is 26.4. The maximum Gasteiger partial charge on any atom is 0.244 e. The van der Waals surface area contributed by atoms with E-state index in [1.165, 1.54) is 11.3 Å². The first-order chi connectivity index (χ1) is 8.07. The van der Waals surface area contributed by atoms with Crippen LogP contribution >= 0.6 is 11.3 Å². The van der Waals surface area contributed by atoms with E-state index in [1.807, 2.05) is 13.8 Å². The van der Waals surface area contributed by atoms with Gasteiger partial charge in [-0.15, -0.1) is 11.3 Å². The third kappa shape index (κ3) is 3.28. The predicted molar refractivity (Wildman–Crippen MR) is 71.6 cm³/mol. The Kier molecular flexibility index (Phi) is 5.58. The molecule has 0 aromatic carbocycles. The summed E-state index contributed by atoms with van der Waals surface area (Å²) in [6, 6.07) is 1.65. The molecule has 1 rings (SSSR count). The van der Waals surface area contributed by atoms with Crippen molar-refractivity contribution in [3.63, 3.8) is 0 Å². The van der Waals surface area contributed by atoms with Crippen LogP contribution in [0.3, 0.4) is 0 Å². The fraction of sp³-hybridized carbons (Fsp3) is 0.636. The molecule has 4 nitrogen and oxygen atoms in total. The van der Waals surface area contributed by atoms with E-state index >= 15 is 0 Å². The Bertz CT molecular complexity index is 434. The van der Waals surface area contributed by atoms with Gasteiger partial charge in [0.15, 0.2) is 0 Å². The summed E-state index contributed by atoms with van der Waals surface area (Å²) in [5.41, 5.74) is 5.57. The summed E-state index contributed by atoms with van der Waals surface area (Å²) in [5, 5.41) is 1.78. The number of rotatable bonds is 7. The molecular formula is C11H20N2O2S2. The Morgan fingerprint density at radius 1 is 1.29 bits per heavy atom. The fourth-order valence-electron chi connectivity index (χ4n) is 1.70. The average molecular weight is 276 g/mol. The molecule has 17 heavy (non-hydrogen) atoms. The Morgan fingerprint density at radius 3 is 2.35 bits per heavy atom. The van der Waals surface area contributed by atoms with Crippen LogP contribution in [0.4, 0.5) is 0 Å². The smallest absolute Gasteiger partial charge is 0.244 e. The normalized spacial score (nSPS) is 12.2. The minimum absolute atomic E-state index is 0.276. The predicted octanol–water partition coefficient (Wildman–Crippen LogP) is 2.02. The molecule has 98 valence electrons. The number of nitrogens with two attached hydrogens (primary N) is 1. The minimum Gasteiger partial charge on any atom is -0.326 e. The van der Waals surface area contributed by atoms with Crippen LogP contribution in [-0.4, -0.2) is 25.8 Å². The van der Waals surface area contributed by atoms with Crippen molar-refractivity contribution in [1.82, 2.24) is 4.31 Å². The third-order valence-electron chi connectivity index (χ3n) is 2.45. The van der Waals surface area contributed by atoms with Gasteiger partial charge in [-0.2, -0.15) is 4.31 Å². The molecule has 0 aliphatic heterocycles. The molecule has 1 heterocycles. The van der Waals surface area contributed by atoms with Crippen LogP contribution in [0.25, 0.3) is 0 Å². The molecule has 0 bridgehead atoms. The van der Waals surface area contributed by atoms with E-state index in [4.69, 9.17) is 5.73 Å². The van der Waals surface area contributed by atoms with Crippen molar-refractivity contribution in [3.05, 3.63) is 16.3 Å². The van der Waals surface area contributed by atoms with Crippen molar-refractivity contribution in [2.45, 2.75) is 38.1 Å². The van der Waals surface area contributed by atoms with Crippen LogP contribution in [0.15, 0.2) is 16.3 Å². The van der Waals surface area contributed by atoms with Crippen molar-refractivity contribution in [3.8, 4) is 0 Å². The topological polar surface area (TPSA) is 63.4 Å². The van der Waals surface area contributed by atoms with Gasteiger partial charge < -0.3 is 5.73 Å². The van der Waals surface area contributed by atoms with E-state index < -0.39 is 10.0 Å². The van der Waals surface area contributed by atoms with Crippen LogP contribution < -0.4 is 5.73 Å². The molecule has 0 radical (unpaired) electrons. The number of hydrogen-bond acceptors (Lipinski definition) is 4. The van der Waals surface area contributed by atoms with Gasteiger partial charge in [0.2, 0.25) is 10.0 Å². The standard InChI is InChI=1S/C11H20N2O2S2/c1-3-6-13(7-4-2)17(14,15)11-5-8-16-10(11)9-12/h5,8H,3-4,6-7,9,12H2,1-2H3. The Hall–Kier alpha value is -0.430. The first kappa shape index (κ1) is 14.6. The van der Waals surface area contributed by atoms with Crippen LogP contribution in [0, 0.1) is 0 Å². The third-order valence-corrected chi connectivity index (χ3v) is 5.51. The molecule has 0 unspecified atom stereocenters. The largest absolute Gasteiger partial charge is 0.326 e. The van der Waals surface area contributed by atoms with Gasteiger partial charge in [-0.1, -0.05) is 13.8 Å². The summed E-state index contributed by atoms with van der Waals surface area (Å²) in [7, 11) is -3.36. The Labute approximate surface area is 107 Å². The van der Waals surface area contributed by atoms with Crippen molar-refractivity contribution in [2.24, 2.45) is 5.73 Å². The van der Waals surface area contributed by atoms with Gasteiger partial charge in [-0.05, 0) is 24.3 Å². The highest BCUT2D eigenvalue weighted by Crippen LogP contribution is 2.25. The first-order valence-electron chi connectivity index (χ1n) is 5.84. The SMILES string of the molecule is CCCN(CCC)S(=O)(=O)c1ccsc1CN. The first-order valence-corrected chi connectivity index (χ1v) is 8.16. The lowest BCUT2D eigenvalue weighted by Crippen LogP contribution is -2.33. The van der Waals surface area contributed by atoms with Crippen molar-refractivity contribution >= 4 is 21.4 Å². The Morgan fingerprint density at radius 2 is 1.88 bits per heavy atom. The number of hydrogen-bond donors (Lipinski definition) is 1. The van der Waals surface area contributed by atoms with E-state index in [1.54, 1.807) is 15.8 Å². The zero-order valence-electron chi connectivity index (χ0n) is 10.3. The zero-order valence-corrected chi connectivity index (χ0v) is 12.0. The molecule has 0 atom stereocenters. The van der Waals surface area contributed by atoms with Crippen LogP contribution in [0.5, 0.6) is 0 Å². The highest BCUT2D eigenvalue weighted by atomic mass is 32.2. The number of thiophene rings is 1. The van der Waals surface area contributed by atoms with E-state index in [0.29, 0.717) is 18.0 Å². The summed E-state index contributed by atoms with van der Waals surface area (Å²) >= 11 is 1.40. The lowest BCUT2D eigenvalue weighted by Gasteiger charge is -2.21. The lowest BCUT2D eigenvalue weighted by atomic mass is 10.4. The minimum atomic E-state index is -3.36. The molecule has 0 saturated heterocycles. The summed E-state index contributed by atoms with van der Waals surface area (Å²) in [6.45, 7) is 5.37. The van der Waals surface area contributed by atoms with E-state index in [0.717, 1.165) is 17.7 Å². The van der Waals surface area contributed by atoms with E-state index in [-0.39, 0.29) is 6.54 Å². The summed E-state index contributed by atoms with van der Waals surface area (Å²) in [6.07, 6.45) is 1.64.